The SMILES string of the molecule is CN(c1ccc(-c2ccc3c(c2)-c2ccccc2C3(C)C)cc1)c1ccccc1-c1ccccc1.CN(c1ccc(-c2ccc3c(c2)C(C)(C)c2ccccc2-3)cc1)c1ccccc1-c1ccccc1.CN(c1ccc(-c2cccc3c2-c2ccccc2C3(C)C)cc1)c1ccccc1-c1ccccc1.CN(c1ccc(-c2cccc3c2C(C)(C)c2ccccc2-3)cc1)c1ccccc1-c1ccccc1. The monoisotopic (exact) mass is 1800 g/mol. The second kappa shape index (κ2) is 37.6. The lowest BCUT2D eigenvalue weighted by Crippen LogP contribution is -2.16. The fourth-order valence-corrected chi connectivity index (χ4v) is 22.4. The number of rotatable bonds is 16. The number of para-hydroxylation sites is 4. The highest BCUT2D eigenvalue weighted by Gasteiger charge is 2.41. The number of anilines is 8. The Bertz CT molecular complexity index is 7910. The van der Waals surface area contributed by atoms with Gasteiger partial charge in [0.15, 0.2) is 0 Å². The second-order valence-electron chi connectivity index (χ2n) is 39.6. The summed E-state index contributed by atoms with van der Waals surface area (Å²) in [4.78, 5) is 9.10. The summed E-state index contributed by atoms with van der Waals surface area (Å²) in [6.45, 7) is 18.7. The van der Waals surface area contributed by atoms with E-state index in [1.165, 1.54) is 224 Å². The van der Waals surface area contributed by atoms with Crippen LogP contribution in [-0.4, -0.2) is 28.2 Å². The minimum absolute atomic E-state index is 0.0171. The minimum Gasteiger partial charge on any atom is -0.344 e. The third kappa shape index (κ3) is 16.7. The molecule has 0 spiro atoms. The molecular weight excluding hydrogens is 1690 g/mol. The van der Waals surface area contributed by atoms with Gasteiger partial charge in [-0.3, -0.25) is 0 Å². The van der Waals surface area contributed by atoms with Gasteiger partial charge in [-0.15, -0.1) is 0 Å². The molecule has 4 nitrogen and oxygen atoms in total. The summed E-state index contributed by atoms with van der Waals surface area (Å²) in [5.74, 6) is 0. The highest BCUT2D eigenvalue weighted by atomic mass is 15.1. The van der Waals surface area contributed by atoms with Gasteiger partial charge in [0.1, 0.15) is 0 Å². The first-order valence-electron chi connectivity index (χ1n) is 49.1. The maximum atomic E-state index is 2.39. The molecular formula is C136H116N4. The summed E-state index contributed by atoms with van der Waals surface area (Å²) < 4.78 is 0. The van der Waals surface area contributed by atoms with Gasteiger partial charge in [0.25, 0.3) is 0 Å². The van der Waals surface area contributed by atoms with Gasteiger partial charge in [0.05, 0.1) is 0 Å². The van der Waals surface area contributed by atoms with Crippen molar-refractivity contribution in [3.05, 3.63) is 530 Å². The van der Waals surface area contributed by atoms with Crippen molar-refractivity contribution in [2.45, 2.75) is 77.0 Å². The maximum Gasteiger partial charge on any atom is 0.0487 e. The van der Waals surface area contributed by atoms with Crippen LogP contribution in [0.4, 0.5) is 45.5 Å². The molecule has 0 saturated carbocycles. The van der Waals surface area contributed by atoms with E-state index in [-0.39, 0.29) is 21.7 Å². The van der Waals surface area contributed by atoms with Crippen molar-refractivity contribution in [1.29, 1.82) is 0 Å². The molecule has 0 radical (unpaired) electrons. The van der Waals surface area contributed by atoms with E-state index in [0.717, 1.165) is 0 Å². The fraction of sp³-hybridized carbons (Fsp3) is 0.118. The third-order valence-electron chi connectivity index (χ3n) is 30.1. The molecule has 0 aliphatic heterocycles. The fourth-order valence-electron chi connectivity index (χ4n) is 22.4. The molecule has 20 aromatic rings. The van der Waals surface area contributed by atoms with Crippen molar-refractivity contribution in [2.24, 2.45) is 0 Å². The summed E-state index contributed by atoms with van der Waals surface area (Å²) >= 11 is 0. The number of fused-ring (bicyclic) bond motifs is 12. The molecule has 0 atom stereocenters. The van der Waals surface area contributed by atoms with E-state index in [1.807, 2.05) is 0 Å². The van der Waals surface area contributed by atoms with E-state index in [2.05, 4.69) is 588 Å². The summed E-state index contributed by atoms with van der Waals surface area (Å²) in [6, 6.07) is 175. The van der Waals surface area contributed by atoms with Crippen LogP contribution in [0.25, 0.3) is 134 Å². The standard InChI is InChI=1S/4C34H29N/c1-34(2)31-18-9-7-15-29(31)30-17-11-16-28(33(30)34)25-20-22-26(23-21-25)35(3)32-19-10-8-14-27(32)24-12-5-4-6-13-24;1-34(2)30-17-9-7-15-29(30)33-28(16-11-18-31(33)34)25-20-22-26(23-21-25)35(3)32-19-10-8-14-27(32)24-12-5-4-6-13-24;1-34(2)31-15-9-7-14-29(31)30-23-26(19-22-32(30)34)24-17-20-27(21-18-24)35(3)33-16-10-8-13-28(33)25-11-5-4-6-12-25;1-34(2)31-15-9-7-14-29(31)30-22-19-26(23-32(30)34)24-17-20-27(21-18-24)35(3)33-16-10-8-13-28(33)25-11-5-4-6-12-25/h4*4-23H,1-3H3. The Kier molecular flexibility index (Phi) is 24.2. The molecule has 4 aliphatic rings. The van der Waals surface area contributed by atoms with Crippen LogP contribution in [0.3, 0.4) is 0 Å². The molecule has 4 heteroatoms. The zero-order chi connectivity index (χ0) is 96.0. The largest absolute Gasteiger partial charge is 0.344 e. The number of nitrogens with zero attached hydrogens (tertiary/aromatic N) is 4. The van der Waals surface area contributed by atoms with E-state index in [4.69, 9.17) is 0 Å². The van der Waals surface area contributed by atoms with Crippen LogP contribution in [0.1, 0.15) is 99.9 Å². The molecule has 0 N–H and O–H groups in total. The van der Waals surface area contributed by atoms with Gasteiger partial charge in [0, 0.05) is 118 Å². The predicted octanol–water partition coefficient (Wildman–Crippen LogP) is 36.4. The van der Waals surface area contributed by atoms with Crippen LogP contribution in [0.2, 0.25) is 0 Å². The first-order chi connectivity index (χ1) is 68.2. The quantitative estimate of drug-likeness (QED) is 0.0956. The average Bonchev–Trinajstić information content (AvgIpc) is 1.58. The molecule has 680 valence electrons. The van der Waals surface area contributed by atoms with E-state index < -0.39 is 0 Å². The topological polar surface area (TPSA) is 13.0 Å². The van der Waals surface area contributed by atoms with Crippen molar-refractivity contribution < 1.29 is 0 Å². The lowest BCUT2D eigenvalue weighted by molar-refractivity contribution is 0.660. The van der Waals surface area contributed by atoms with Crippen molar-refractivity contribution in [3.63, 3.8) is 0 Å². The zero-order valence-electron chi connectivity index (χ0n) is 82.0. The first kappa shape index (κ1) is 90.1. The van der Waals surface area contributed by atoms with E-state index in [1.54, 1.807) is 0 Å². The molecule has 24 rings (SSSR count). The summed E-state index contributed by atoms with van der Waals surface area (Å²) in [5.41, 5.74) is 51.8. The molecule has 4 aliphatic carbocycles. The Labute approximate surface area is 827 Å². The average molecular weight is 1810 g/mol. The Morgan fingerprint density at radius 3 is 0.779 bits per heavy atom. The minimum atomic E-state index is -0.0212. The second-order valence-corrected chi connectivity index (χ2v) is 39.6. The number of benzene rings is 20. The van der Waals surface area contributed by atoms with Crippen molar-refractivity contribution in [3.8, 4) is 134 Å². The van der Waals surface area contributed by atoms with Gasteiger partial charge in [-0.05, 0) is 241 Å². The molecule has 20 aromatic carbocycles. The summed E-state index contributed by atoms with van der Waals surface area (Å²) in [7, 11) is 8.59. The molecule has 0 bridgehead atoms. The highest BCUT2D eigenvalue weighted by molar-refractivity contribution is 5.96. The Morgan fingerprint density at radius 2 is 0.371 bits per heavy atom. The smallest absolute Gasteiger partial charge is 0.0487 e. The highest BCUT2D eigenvalue weighted by Crippen LogP contribution is 2.57. The van der Waals surface area contributed by atoms with Crippen LogP contribution in [0.15, 0.2) is 485 Å². The Morgan fingerprint density at radius 1 is 0.136 bits per heavy atom. The van der Waals surface area contributed by atoms with E-state index in [0.29, 0.717) is 0 Å². The lowest BCUT2D eigenvalue weighted by atomic mass is 9.79. The van der Waals surface area contributed by atoms with E-state index in [9.17, 15) is 0 Å². The summed E-state index contributed by atoms with van der Waals surface area (Å²) in [6.07, 6.45) is 0. The maximum absolute atomic E-state index is 2.39. The normalized spacial score (nSPS) is 13.2. The van der Waals surface area contributed by atoms with Crippen LogP contribution in [0, 0.1) is 0 Å². The van der Waals surface area contributed by atoms with Gasteiger partial charge < -0.3 is 19.6 Å². The molecule has 0 fully saturated rings. The van der Waals surface area contributed by atoms with Crippen LogP contribution < -0.4 is 19.6 Å². The van der Waals surface area contributed by atoms with Gasteiger partial charge in [0.2, 0.25) is 0 Å². The summed E-state index contributed by atoms with van der Waals surface area (Å²) in [5, 5.41) is 0. The molecule has 0 unspecified atom stereocenters. The third-order valence-corrected chi connectivity index (χ3v) is 30.1. The van der Waals surface area contributed by atoms with Crippen molar-refractivity contribution in [2.75, 3.05) is 47.8 Å². The van der Waals surface area contributed by atoms with Crippen molar-refractivity contribution in [1.82, 2.24) is 0 Å². The molecule has 140 heavy (non-hydrogen) atoms. The van der Waals surface area contributed by atoms with Gasteiger partial charge in [-0.1, -0.05) is 456 Å². The first-order valence-corrected chi connectivity index (χ1v) is 49.1. The van der Waals surface area contributed by atoms with Gasteiger partial charge in [-0.25, -0.2) is 0 Å². The molecule has 0 aromatic heterocycles. The van der Waals surface area contributed by atoms with Gasteiger partial charge >= 0.3 is 0 Å². The molecule has 0 saturated heterocycles. The van der Waals surface area contributed by atoms with Crippen LogP contribution in [-0.2, 0) is 21.7 Å². The number of hydrogen-bond donors (Lipinski definition) is 0. The van der Waals surface area contributed by atoms with Gasteiger partial charge in [-0.2, -0.15) is 0 Å². The van der Waals surface area contributed by atoms with E-state index >= 15 is 0 Å². The lowest BCUT2D eigenvalue weighted by Gasteiger charge is -2.25. The Hall–Kier alpha value is -16.4. The zero-order valence-corrected chi connectivity index (χ0v) is 82.0. The molecule has 0 heterocycles. The van der Waals surface area contributed by atoms with Crippen LogP contribution in [0.5, 0.6) is 0 Å². The van der Waals surface area contributed by atoms with Crippen molar-refractivity contribution >= 4 is 45.5 Å². The predicted molar refractivity (Wildman–Crippen MR) is 598 cm³/mol. The molecule has 0 amide bonds. The Balaban J connectivity index is 0.000000111. The number of hydrogen-bond acceptors (Lipinski definition) is 4. The van der Waals surface area contributed by atoms with Crippen LogP contribution >= 0.6 is 0 Å².